The summed E-state index contributed by atoms with van der Waals surface area (Å²) in [6.07, 6.45) is 0.402. The Morgan fingerprint density at radius 1 is 0.889 bits per heavy atom. The maximum Gasteiger partial charge on any atom is 0.333 e. The molecule has 0 aliphatic carbocycles. The van der Waals surface area contributed by atoms with Crippen LogP contribution in [0, 0.1) is 0 Å². The third kappa shape index (κ3) is 4.25. The molecule has 3 rings (SSSR count). The molecule has 0 N–H and O–H groups in total. The van der Waals surface area contributed by atoms with E-state index in [-0.39, 0.29) is 17.5 Å². The average molecular weight is 369 g/mol. The van der Waals surface area contributed by atoms with Crippen molar-refractivity contribution in [2.75, 3.05) is 13.2 Å². The number of carbonyl (C=O) groups excluding carboxylic acids is 3. The number of imide groups is 1. The first-order valence-corrected chi connectivity index (χ1v) is 8.64. The summed E-state index contributed by atoms with van der Waals surface area (Å²) < 4.78 is 10.9. The van der Waals surface area contributed by atoms with E-state index in [0.29, 0.717) is 30.4 Å². The van der Waals surface area contributed by atoms with E-state index >= 15 is 0 Å². The predicted molar refractivity (Wildman–Crippen MR) is 95.4 cm³/mol. The number of fused-ring (bicyclic) bond motifs is 1. The highest BCUT2D eigenvalue weighted by atomic mass is 16.7. The second-order valence-corrected chi connectivity index (χ2v) is 5.77. The molecule has 0 radical (unpaired) electrons. The molecule has 2 aromatic carbocycles. The van der Waals surface area contributed by atoms with Gasteiger partial charge < -0.3 is 14.3 Å². The van der Waals surface area contributed by atoms with E-state index in [2.05, 4.69) is 0 Å². The molecule has 0 fully saturated rings. The van der Waals surface area contributed by atoms with E-state index in [9.17, 15) is 14.4 Å². The van der Waals surface area contributed by atoms with Crippen LogP contribution >= 0.6 is 0 Å². The lowest BCUT2D eigenvalue weighted by Crippen LogP contribution is -2.32. The van der Waals surface area contributed by atoms with Gasteiger partial charge in [0, 0.05) is 0 Å². The van der Waals surface area contributed by atoms with Gasteiger partial charge in [0.15, 0.2) is 0 Å². The van der Waals surface area contributed by atoms with Crippen LogP contribution in [0.25, 0.3) is 0 Å². The first-order chi connectivity index (χ1) is 13.1. The fourth-order valence-electron chi connectivity index (χ4n) is 2.60. The lowest BCUT2D eigenvalue weighted by atomic mass is 10.1. The zero-order valence-corrected chi connectivity index (χ0v) is 14.8. The van der Waals surface area contributed by atoms with Gasteiger partial charge in [-0.25, -0.2) is 4.79 Å². The van der Waals surface area contributed by atoms with Gasteiger partial charge >= 0.3 is 5.97 Å². The molecule has 0 bridgehead atoms. The van der Waals surface area contributed by atoms with E-state index in [0.717, 1.165) is 5.75 Å². The molecule has 0 unspecified atom stereocenters. The smallest absolute Gasteiger partial charge is 0.333 e. The zero-order valence-electron chi connectivity index (χ0n) is 14.8. The van der Waals surface area contributed by atoms with Crippen LogP contribution in [0.5, 0.6) is 11.5 Å². The normalized spacial score (nSPS) is 12.7. The summed E-state index contributed by atoms with van der Waals surface area (Å²) in [5, 5.41) is 0.514. The molecule has 0 spiro atoms. The summed E-state index contributed by atoms with van der Waals surface area (Å²) in [6.45, 7) is 2.80. The van der Waals surface area contributed by atoms with Crippen molar-refractivity contribution in [3.63, 3.8) is 0 Å². The molecule has 2 aromatic rings. The molecule has 1 aliphatic heterocycles. The second kappa shape index (κ2) is 8.35. The summed E-state index contributed by atoms with van der Waals surface area (Å²) in [5.74, 6) is -0.509. The summed E-state index contributed by atoms with van der Waals surface area (Å²) in [7, 11) is 0. The SMILES string of the molecule is CCOc1ccc(OCCCC(=O)ON2C(=O)c3ccccc3C2=O)cc1. The highest BCUT2D eigenvalue weighted by Crippen LogP contribution is 2.23. The molecule has 0 aromatic heterocycles. The number of amides is 2. The van der Waals surface area contributed by atoms with Gasteiger partial charge in [-0.15, -0.1) is 0 Å². The lowest BCUT2D eigenvalue weighted by Gasteiger charge is -2.12. The van der Waals surface area contributed by atoms with Gasteiger partial charge in [0.2, 0.25) is 0 Å². The van der Waals surface area contributed by atoms with Crippen LogP contribution < -0.4 is 9.47 Å². The van der Waals surface area contributed by atoms with Gasteiger partial charge in [0.05, 0.1) is 30.8 Å². The van der Waals surface area contributed by atoms with E-state index < -0.39 is 17.8 Å². The van der Waals surface area contributed by atoms with Crippen molar-refractivity contribution in [2.45, 2.75) is 19.8 Å². The number of ether oxygens (including phenoxy) is 2. The summed E-state index contributed by atoms with van der Waals surface area (Å²) in [6, 6.07) is 13.5. The fraction of sp³-hybridized carbons (Fsp3) is 0.250. The molecule has 0 saturated carbocycles. The van der Waals surface area contributed by atoms with E-state index in [1.807, 2.05) is 6.92 Å². The average Bonchev–Trinajstić information content (AvgIpc) is 2.92. The van der Waals surface area contributed by atoms with E-state index in [4.69, 9.17) is 14.3 Å². The Bertz CT molecular complexity index is 811. The maximum absolute atomic E-state index is 12.1. The molecule has 7 nitrogen and oxygen atoms in total. The molecule has 0 atom stereocenters. The topological polar surface area (TPSA) is 82.1 Å². The zero-order chi connectivity index (χ0) is 19.2. The quantitative estimate of drug-likeness (QED) is 0.525. The number of hydrogen-bond donors (Lipinski definition) is 0. The molecule has 1 heterocycles. The minimum atomic E-state index is -0.667. The second-order valence-electron chi connectivity index (χ2n) is 5.77. The summed E-state index contributed by atoms with van der Waals surface area (Å²) in [5.41, 5.74) is 0.461. The third-order valence-corrected chi connectivity index (χ3v) is 3.88. The number of carbonyl (C=O) groups is 3. The van der Waals surface area contributed by atoms with Gasteiger partial charge in [-0.2, -0.15) is 0 Å². The Hall–Kier alpha value is -3.35. The molecule has 140 valence electrons. The van der Waals surface area contributed by atoms with Crippen LogP contribution in [-0.2, 0) is 9.63 Å². The number of hydrogen-bond acceptors (Lipinski definition) is 6. The Kier molecular flexibility index (Phi) is 5.71. The van der Waals surface area contributed by atoms with Gasteiger partial charge in [-0.05, 0) is 49.7 Å². The van der Waals surface area contributed by atoms with Crippen LogP contribution in [0.15, 0.2) is 48.5 Å². The van der Waals surface area contributed by atoms with Crippen LogP contribution in [0.4, 0.5) is 0 Å². The Morgan fingerprint density at radius 3 is 2.00 bits per heavy atom. The highest BCUT2D eigenvalue weighted by Gasteiger charge is 2.38. The van der Waals surface area contributed by atoms with Crippen molar-refractivity contribution < 1.29 is 28.7 Å². The largest absolute Gasteiger partial charge is 0.494 e. The molecular weight excluding hydrogens is 350 g/mol. The van der Waals surface area contributed by atoms with Crippen LogP contribution in [0.1, 0.15) is 40.5 Å². The first-order valence-electron chi connectivity index (χ1n) is 8.64. The van der Waals surface area contributed by atoms with Crippen LogP contribution in [0.3, 0.4) is 0 Å². The Morgan fingerprint density at radius 2 is 1.44 bits per heavy atom. The Labute approximate surface area is 156 Å². The van der Waals surface area contributed by atoms with Crippen LogP contribution in [0.2, 0.25) is 0 Å². The van der Waals surface area contributed by atoms with Crippen molar-refractivity contribution in [3.05, 3.63) is 59.7 Å². The van der Waals surface area contributed by atoms with Gasteiger partial charge in [-0.3, -0.25) is 9.59 Å². The molecular formula is C20H19NO6. The molecule has 2 amide bonds. The first kappa shape index (κ1) is 18.4. The van der Waals surface area contributed by atoms with E-state index in [1.54, 1.807) is 36.4 Å². The standard InChI is InChI=1S/C20H19NO6/c1-2-25-14-9-11-15(12-10-14)26-13-5-8-18(22)27-21-19(23)16-6-3-4-7-17(16)20(21)24/h3-4,6-7,9-12H,2,5,8,13H2,1H3. The van der Waals surface area contributed by atoms with Gasteiger partial charge in [-0.1, -0.05) is 17.2 Å². The molecule has 27 heavy (non-hydrogen) atoms. The monoisotopic (exact) mass is 369 g/mol. The lowest BCUT2D eigenvalue weighted by molar-refractivity contribution is -0.168. The number of hydroxylamine groups is 2. The number of nitrogens with zero attached hydrogens (tertiary/aromatic N) is 1. The highest BCUT2D eigenvalue weighted by molar-refractivity contribution is 6.20. The van der Waals surface area contributed by atoms with Crippen molar-refractivity contribution in [1.82, 2.24) is 5.06 Å². The minimum Gasteiger partial charge on any atom is -0.494 e. The van der Waals surface area contributed by atoms with Crippen molar-refractivity contribution in [2.24, 2.45) is 0 Å². The molecule has 0 saturated heterocycles. The maximum atomic E-state index is 12.1. The molecule has 7 heteroatoms. The third-order valence-electron chi connectivity index (χ3n) is 3.88. The van der Waals surface area contributed by atoms with Crippen molar-refractivity contribution in [1.29, 1.82) is 0 Å². The van der Waals surface area contributed by atoms with Gasteiger partial charge in [0.1, 0.15) is 11.5 Å². The Balaban J connectivity index is 1.43. The summed E-state index contributed by atoms with van der Waals surface area (Å²) in [4.78, 5) is 41.1. The molecule has 1 aliphatic rings. The van der Waals surface area contributed by atoms with Crippen LogP contribution in [-0.4, -0.2) is 36.1 Å². The number of rotatable bonds is 8. The van der Waals surface area contributed by atoms with Crippen molar-refractivity contribution >= 4 is 17.8 Å². The minimum absolute atomic E-state index is 0.0183. The number of benzene rings is 2. The predicted octanol–water partition coefficient (Wildman–Crippen LogP) is 3.00. The van der Waals surface area contributed by atoms with Gasteiger partial charge in [0.25, 0.3) is 11.8 Å². The summed E-state index contributed by atoms with van der Waals surface area (Å²) >= 11 is 0. The fourth-order valence-corrected chi connectivity index (χ4v) is 2.60. The van der Waals surface area contributed by atoms with Crippen molar-refractivity contribution in [3.8, 4) is 11.5 Å². The van der Waals surface area contributed by atoms with E-state index in [1.165, 1.54) is 12.1 Å².